The predicted molar refractivity (Wildman–Crippen MR) is 70.4 cm³/mol. The first-order valence-corrected chi connectivity index (χ1v) is 5.67. The number of nitro groups is 1. The van der Waals surface area contributed by atoms with Gasteiger partial charge in [0.25, 0.3) is 5.91 Å². The number of benzene rings is 1. The fraction of sp³-hybridized carbons (Fsp3) is 0.333. The average Bonchev–Trinajstić information content (AvgIpc) is 2.37. The van der Waals surface area contributed by atoms with Gasteiger partial charge in [-0.3, -0.25) is 19.7 Å². The van der Waals surface area contributed by atoms with E-state index in [0.717, 1.165) is 11.0 Å². The molecule has 0 aromatic heterocycles. The molecule has 0 fully saturated rings. The molecule has 20 heavy (non-hydrogen) atoms. The molecule has 1 aromatic carbocycles. The van der Waals surface area contributed by atoms with Gasteiger partial charge in [0.1, 0.15) is 0 Å². The first kappa shape index (κ1) is 15.4. The Hall–Kier alpha value is -2.64. The summed E-state index contributed by atoms with van der Waals surface area (Å²) in [5.74, 6) is -1.67. The van der Waals surface area contributed by atoms with Crippen LogP contribution in [0.25, 0.3) is 0 Å². The highest BCUT2D eigenvalue weighted by Gasteiger charge is 2.24. The molecule has 8 nitrogen and oxygen atoms in total. The number of rotatable bonds is 4. The first-order chi connectivity index (χ1) is 9.25. The van der Waals surface area contributed by atoms with Crippen LogP contribution < -0.4 is 0 Å². The van der Waals surface area contributed by atoms with Crippen molar-refractivity contribution in [3.05, 3.63) is 33.9 Å². The topological polar surface area (TPSA) is 104 Å². The smallest absolute Gasteiger partial charge is 0.311 e. The van der Waals surface area contributed by atoms with Gasteiger partial charge in [-0.1, -0.05) is 6.07 Å². The van der Waals surface area contributed by atoms with Gasteiger partial charge < -0.3 is 14.9 Å². The molecular formula is C12H15N3O5. The number of amides is 2. The van der Waals surface area contributed by atoms with Gasteiger partial charge in [-0.2, -0.15) is 0 Å². The van der Waals surface area contributed by atoms with E-state index in [1.807, 2.05) is 0 Å². The number of likely N-dealkylation sites (N-methyl/N-ethyl adjacent to an activating group) is 2. The lowest BCUT2D eigenvalue weighted by molar-refractivity contribution is -0.385. The van der Waals surface area contributed by atoms with Crippen molar-refractivity contribution in [2.75, 3.05) is 27.7 Å². The second-order valence-electron chi connectivity index (χ2n) is 4.38. The minimum absolute atomic E-state index is 0.187. The maximum atomic E-state index is 12.1. The molecule has 0 aliphatic rings. The molecule has 0 unspecified atom stereocenters. The quantitative estimate of drug-likeness (QED) is 0.637. The molecule has 0 heterocycles. The highest BCUT2D eigenvalue weighted by atomic mass is 16.6. The minimum Gasteiger partial charge on any atom is -0.502 e. The van der Waals surface area contributed by atoms with Crippen LogP contribution in [-0.4, -0.2) is 59.3 Å². The Morgan fingerprint density at radius 2 is 1.90 bits per heavy atom. The zero-order chi connectivity index (χ0) is 15.4. The van der Waals surface area contributed by atoms with Crippen molar-refractivity contribution in [2.24, 2.45) is 0 Å². The van der Waals surface area contributed by atoms with Gasteiger partial charge in [-0.05, 0) is 6.07 Å². The third kappa shape index (κ3) is 3.22. The Balaban J connectivity index is 3.01. The van der Waals surface area contributed by atoms with Gasteiger partial charge in [0.15, 0.2) is 0 Å². The van der Waals surface area contributed by atoms with E-state index < -0.39 is 22.3 Å². The van der Waals surface area contributed by atoms with Crippen LogP contribution in [-0.2, 0) is 4.79 Å². The molecule has 0 aliphatic heterocycles. The summed E-state index contributed by atoms with van der Waals surface area (Å²) in [6.07, 6.45) is 0. The number of phenolic OH excluding ortho intramolecular Hbond substituents is 1. The van der Waals surface area contributed by atoms with Crippen molar-refractivity contribution >= 4 is 17.5 Å². The molecule has 0 saturated carbocycles. The number of para-hydroxylation sites is 1. The van der Waals surface area contributed by atoms with E-state index in [4.69, 9.17) is 0 Å². The number of hydrogen-bond acceptors (Lipinski definition) is 5. The molecule has 8 heteroatoms. The van der Waals surface area contributed by atoms with Crippen molar-refractivity contribution in [2.45, 2.75) is 0 Å². The fourth-order valence-corrected chi connectivity index (χ4v) is 1.47. The Labute approximate surface area is 115 Å². The van der Waals surface area contributed by atoms with E-state index in [1.165, 1.54) is 24.1 Å². The Morgan fingerprint density at radius 3 is 2.40 bits per heavy atom. The molecule has 0 spiro atoms. The third-order valence-electron chi connectivity index (χ3n) is 2.66. The van der Waals surface area contributed by atoms with Gasteiger partial charge in [0, 0.05) is 27.2 Å². The van der Waals surface area contributed by atoms with E-state index in [2.05, 4.69) is 0 Å². The monoisotopic (exact) mass is 281 g/mol. The minimum atomic E-state index is -0.781. The largest absolute Gasteiger partial charge is 0.502 e. The fourth-order valence-electron chi connectivity index (χ4n) is 1.47. The number of aromatic hydroxyl groups is 1. The molecule has 1 N–H and O–H groups in total. The third-order valence-corrected chi connectivity index (χ3v) is 2.66. The van der Waals surface area contributed by atoms with Gasteiger partial charge >= 0.3 is 5.69 Å². The normalized spacial score (nSPS) is 9.95. The van der Waals surface area contributed by atoms with E-state index >= 15 is 0 Å². The highest BCUT2D eigenvalue weighted by molar-refractivity contribution is 5.99. The van der Waals surface area contributed by atoms with Crippen molar-refractivity contribution in [1.82, 2.24) is 9.80 Å². The molecule has 108 valence electrons. The van der Waals surface area contributed by atoms with Crippen LogP contribution in [0.1, 0.15) is 10.4 Å². The number of phenols is 1. The SMILES string of the molecule is CN(C)C(=O)CN(C)C(=O)c1cccc([N+](=O)[O-])c1O. The van der Waals surface area contributed by atoms with Crippen molar-refractivity contribution in [1.29, 1.82) is 0 Å². The summed E-state index contributed by atoms with van der Waals surface area (Å²) in [7, 11) is 4.47. The number of nitro benzene ring substituents is 1. The van der Waals surface area contributed by atoms with E-state index in [1.54, 1.807) is 14.1 Å². The Morgan fingerprint density at radius 1 is 1.30 bits per heavy atom. The van der Waals surface area contributed by atoms with Crippen LogP contribution in [0.4, 0.5) is 5.69 Å². The summed E-state index contributed by atoms with van der Waals surface area (Å²) in [4.78, 5) is 35.9. The molecule has 0 bridgehead atoms. The van der Waals surface area contributed by atoms with Crippen LogP contribution in [0.3, 0.4) is 0 Å². The van der Waals surface area contributed by atoms with E-state index in [0.29, 0.717) is 0 Å². The average molecular weight is 281 g/mol. The maximum Gasteiger partial charge on any atom is 0.311 e. The highest BCUT2D eigenvalue weighted by Crippen LogP contribution is 2.29. The molecule has 0 radical (unpaired) electrons. The molecule has 0 saturated heterocycles. The summed E-state index contributed by atoms with van der Waals surface area (Å²) in [6, 6.07) is 3.66. The summed E-state index contributed by atoms with van der Waals surface area (Å²) in [6.45, 7) is -0.187. The van der Waals surface area contributed by atoms with Gasteiger partial charge in [-0.15, -0.1) is 0 Å². The summed E-state index contributed by atoms with van der Waals surface area (Å²) >= 11 is 0. The maximum absolute atomic E-state index is 12.1. The predicted octanol–water partition coefficient (Wildman–Crippen LogP) is 0.461. The number of carbonyl (C=O) groups excluding carboxylic acids is 2. The summed E-state index contributed by atoms with van der Waals surface area (Å²) in [5, 5.41) is 20.4. The number of carbonyl (C=O) groups is 2. The summed E-state index contributed by atoms with van der Waals surface area (Å²) < 4.78 is 0. The standard InChI is InChI=1S/C12H15N3O5/c1-13(2)10(16)7-14(3)12(18)8-5-4-6-9(11(8)17)15(19)20/h4-6,17H,7H2,1-3H3. The van der Waals surface area contributed by atoms with Gasteiger partial charge in [0.2, 0.25) is 11.7 Å². The molecule has 2 amide bonds. The van der Waals surface area contributed by atoms with Crippen LogP contribution in [0.15, 0.2) is 18.2 Å². The van der Waals surface area contributed by atoms with Crippen LogP contribution in [0.5, 0.6) is 5.75 Å². The van der Waals surface area contributed by atoms with Crippen LogP contribution in [0.2, 0.25) is 0 Å². The molecule has 0 aliphatic carbocycles. The van der Waals surface area contributed by atoms with Crippen LogP contribution in [0, 0.1) is 10.1 Å². The van der Waals surface area contributed by atoms with Crippen molar-refractivity contribution in [3.63, 3.8) is 0 Å². The summed E-state index contributed by atoms with van der Waals surface area (Å²) in [5.41, 5.74) is -0.767. The van der Waals surface area contributed by atoms with E-state index in [-0.39, 0.29) is 18.0 Å². The number of hydrogen-bond donors (Lipinski definition) is 1. The number of nitrogens with zero attached hydrogens (tertiary/aromatic N) is 3. The molecular weight excluding hydrogens is 266 g/mol. The lowest BCUT2D eigenvalue weighted by Gasteiger charge is -2.19. The zero-order valence-corrected chi connectivity index (χ0v) is 11.4. The zero-order valence-electron chi connectivity index (χ0n) is 11.4. The Bertz CT molecular complexity index is 556. The van der Waals surface area contributed by atoms with Gasteiger partial charge in [0.05, 0.1) is 17.0 Å². The van der Waals surface area contributed by atoms with Crippen molar-refractivity contribution < 1.29 is 19.6 Å². The Kier molecular flexibility index (Phi) is 4.63. The van der Waals surface area contributed by atoms with E-state index in [9.17, 15) is 24.8 Å². The van der Waals surface area contributed by atoms with Gasteiger partial charge in [-0.25, -0.2) is 0 Å². The van der Waals surface area contributed by atoms with Crippen molar-refractivity contribution in [3.8, 4) is 5.75 Å². The molecule has 0 atom stereocenters. The first-order valence-electron chi connectivity index (χ1n) is 5.67. The van der Waals surface area contributed by atoms with Crippen LogP contribution >= 0.6 is 0 Å². The molecule has 1 rings (SSSR count). The second-order valence-corrected chi connectivity index (χ2v) is 4.38. The second kappa shape index (κ2) is 6.00. The molecule has 1 aromatic rings. The lowest BCUT2D eigenvalue weighted by atomic mass is 10.1. The lowest BCUT2D eigenvalue weighted by Crippen LogP contribution is -2.37.